The number of hydrogen-bond acceptors (Lipinski definition) is 3. The van der Waals surface area contributed by atoms with Crippen molar-refractivity contribution in [2.45, 2.75) is 19.8 Å². The molecule has 0 aromatic heterocycles. The van der Waals surface area contributed by atoms with Gasteiger partial charge in [-0.05, 0) is 0 Å². The maximum Gasteiger partial charge on any atom is 0.302 e. The summed E-state index contributed by atoms with van der Waals surface area (Å²) in [6.07, 6.45) is 1.48. The second-order valence-corrected chi connectivity index (χ2v) is 3.98. The number of ether oxygens (including phenoxy) is 1. The van der Waals surface area contributed by atoms with Crippen LogP contribution in [0.3, 0.4) is 0 Å². The van der Waals surface area contributed by atoms with Crippen LogP contribution in [0.1, 0.15) is 19.8 Å². The van der Waals surface area contributed by atoms with Crippen LogP contribution in [0, 0.1) is 11.3 Å². The minimum atomic E-state index is -0.234. The Morgan fingerprint density at radius 2 is 2.00 bits per heavy atom. The number of unbranched alkanes of at least 4 members (excludes halogenated alkanes) is 1. The standard InChI is InChI=1S/C10H19N2O2.BrH/c1-10(13)14-9-8-12(2,3)7-5-4-6-11;/h4-5,7-9H2,1-3H3;1H/q+1;/p-1. The van der Waals surface area contributed by atoms with Crippen molar-refractivity contribution in [1.82, 2.24) is 0 Å². The molecule has 0 aromatic rings. The first kappa shape index (κ1) is 16.8. The Morgan fingerprint density at radius 1 is 1.40 bits per heavy atom. The van der Waals surface area contributed by atoms with E-state index in [1.54, 1.807) is 0 Å². The molecule has 0 aliphatic carbocycles. The quantitative estimate of drug-likeness (QED) is 0.319. The largest absolute Gasteiger partial charge is 1.00 e. The molecule has 0 heterocycles. The Labute approximate surface area is 102 Å². The number of rotatable bonds is 6. The van der Waals surface area contributed by atoms with Crippen LogP contribution in [-0.2, 0) is 9.53 Å². The summed E-state index contributed by atoms with van der Waals surface area (Å²) >= 11 is 0. The molecule has 0 N–H and O–H groups in total. The molecule has 0 spiro atoms. The zero-order valence-electron chi connectivity index (χ0n) is 9.62. The Hall–Kier alpha value is -0.600. The van der Waals surface area contributed by atoms with Crippen LogP contribution in [0.15, 0.2) is 0 Å². The van der Waals surface area contributed by atoms with Gasteiger partial charge in [0.1, 0.15) is 13.2 Å². The van der Waals surface area contributed by atoms with E-state index in [1.165, 1.54) is 6.92 Å². The number of nitrogens with zero attached hydrogens (tertiary/aromatic N) is 2. The van der Waals surface area contributed by atoms with Gasteiger partial charge in [0, 0.05) is 19.8 Å². The van der Waals surface area contributed by atoms with Gasteiger partial charge >= 0.3 is 5.97 Å². The average Bonchev–Trinajstić information content (AvgIpc) is 2.03. The second-order valence-electron chi connectivity index (χ2n) is 3.98. The lowest BCUT2D eigenvalue weighted by molar-refractivity contribution is -0.890. The highest BCUT2D eigenvalue weighted by molar-refractivity contribution is 5.65. The molecule has 0 aliphatic heterocycles. The smallest absolute Gasteiger partial charge is 0.302 e. The monoisotopic (exact) mass is 278 g/mol. The molecule has 4 nitrogen and oxygen atoms in total. The molecule has 0 saturated heterocycles. The number of carbonyl (C=O) groups excluding carboxylic acids is 1. The van der Waals surface area contributed by atoms with Crippen LogP contribution >= 0.6 is 0 Å². The molecule has 15 heavy (non-hydrogen) atoms. The first-order chi connectivity index (χ1) is 6.48. The summed E-state index contributed by atoms with van der Waals surface area (Å²) in [4.78, 5) is 10.5. The average molecular weight is 279 g/mol. The number of carbonyl (C=O) groups is 1. The highest BCUT2D eigenvalue weighted by atomic mass is 79.9. The lowest BCUT2D eigenvalue weighted by Crippen LogP contribution is -3.00. The fourth-order valence-electron chi connectivity index (χ4n) is 1.13. The van der Waals surface area contributed by atoms with Crippen LogP contribution in [0.2, 0.25) is 0 Å². The van der Waals surface area contributed by atoms with Crippen LogP contribution in [0.5, 0.6) is 0 Å². The van der Waals surface area contributed by atoms with Gasteiger partial charge in [0.2, 0.25) is 0 Å². The molecular formula is C10H19BrN2O2. The molecule has 0 saturated carbocycles. The third kappa shape index (κ3) is 11.3. The Bertz CT molecular complexity index is 224. The van der Waals surface area contributed by atoms with Crippen molar-refractivity contribution in [3.63, 3.8) is 0 Å². The number of esters is 1. The minimum Gasteiger partial charge on any atom is -1.00 e. The molecule has 0 bridgehead atoms. The van der Waals surface area contributed by atoms with E-state index < -0.39 is 0 Å². The molecule has 0 amide bonds. The van der Waals surface area contributed by atoms with E-state index in [-0.39, 0.29) is 23.0 Å². The van der Waals surface area contributed by atoms with E-state index in [1.807, 2.05) is 0 Å². The SMILES string of the molecule is CC(=O)OCC[N+](C)(C)CCCC#N.[Br-]. The van der Waals surface area contributed by atoms with E-state index in [4.69, 9.17) is 10.00 Å². The maximum absolute atomic E-state index is 10.5. The Morgan fingerprint density at radius 3 is 2.47 bits per heavy atom. The molecule has 5 heteroatoms. The fraction of sp³-hybridized carbons (Fsp3) is 0.800. The molecule has 0 aliphatic rings. The summed E-state index contributed by atoms with van der Waals surface area (Å²) in [7, 11) is 4.14. The number of hydrogen-bond donors (Lipinski definition) is 0. The summed E-state index contributed by atoms with van der Waals surface area (Å²) in [5, 5.41) is 8.39. The second kappa shape index (κ2) is 8.69. The van der Waals surface area contributed by atoms with Crippen molar-refractivity contribution >= 4 is 5.97 Å². The number of quaternary nitrogens is 1. The molecule has 0 atom stereocenters. The van der Waals surface area contributed by atoms with E-state index >= 15 is 0 Å². The Kier molecular flexibility index (Phi) is 9.74. The van der Waals surface area contributed by atoms with E-state index in [0.29, 0.717) is 13.0 Å². The van der Waals surface area contributed by atoms with Crippen molar-refractivity contribution in [2.75, 3.05) is 33.8 Å². The normalized spacial score (nSPS) is 10.0. The zero-order valence-corrected chi connectivity index (χ0v) is 11.2. The number of nitriles is 1. The van der Waals surface area contributed by atoms with Crippen LogP contribution in [0.25, 0.3) is 0 Å². The van der Waals surface area contributed by atoms with E-state index in [0.717, 1.165) is 24.0 Å². The van der Waals surface area contributed by atoms with Crippen LogP contribution in [-0.4, -0.2) is 44.2 Å². The van der Waals surface area contributed by atoms with Gasteiger partial charge in [-0.1, -0.05) is 0 Å². The third-order valence-corrected chi connectivity index (χ3v) is 2.05. The Balaban J connectivity index is 0. The predicted molar refractivity (Wildman–Crippen MR) is 53.3 cm³/mol. The van der Waals surface area contributed by atoms with Crippen molar-refractivity contribution in [3.8, 4) is 6.07 Å². The first-order valence-electron chi connectivity index (χ1n) is 4.80. The van der Waals surface area contributed by atoms with E-state index in [2.05, 4.69) is 20.2 Å². The summed E-state index contributed by atoms with van der Waals surface area (Å²) in [6.45, 7) is 3.60. The first-order valence-corrected chi connectivity index (χ1v) is 4.80. The molecule has 0 fully saturated rings. The van der Waals surface area contributed by atoms with Gasteiger partial charge in [-0.2, -0.15) is 5.26 Å². The van der Waals surface area contributed by atoms with Crippen LogP contribution in [0.4, 0.5) is 0 Å². The molecular weight excluding hydrogens is 260 g/mol. The minimum absolute atomic E-state index is 0. The topological polar surface area (TPSA) is 50.1 Å². The van der Waals surface area contributed by atoms with Gasteiger partial charge in [0.05, 0.1) is 26.7 Å². The van der Waals surface area contributed by atoms with Crippen molar-refractivity contribution in [3.05, 3.63) is 0 Å². The van der Waals surface area contributed by atoms with Crippen LogP contribution < -0.4 is 17.0 Å². The third-order valence-electron chi connectivity index (χ3n) is 2.05. The van der Waals surface area contributed by atoms with Gasteiger partial charge in [-0.3, -0.25) is 4.79 Å². The zero-order chi connectivity index (χ0) is 11.0. The van der Waals surface area contributed by atoms with Gasteiger partial charge in [0.25, 0.3) is 0 Å². The maximum atomic E-state index is 10.5. The summed E-state index contributed by atoms with van der Waals surface area (Å²) in [5.74, 6) is -0.234. The van der Waals surface area contributed by atoms with Gasteiger partial charge < -0.3 is 26.2 Å². The highest BCUT2D eigenvalue weighted by Crippen LogP contribution is 2.01. The molecule has 88 valence electrons. The summed E-state index contributed by atoms with van der Waals surface area (Å²) in [6, 6.07) is 2.12. The molecule has 0 radical (unpaired) electrons. The highest BCUT2D eigenvalue weighted by Gasteiger charge is 2.14. The predicted octanol–water partition coefficient (Wildman–Crippen LogP) is -2.07. The van der Waals surface area contributed by atoms with Gasteiger partial charge in [0.15, 0.2) is 0 Å². The van der Waals surface area contributed by atoms with Gasteiger partial charge in [-0.25, -0.2) is 0 Å². The van der Waals surface area contributed by atoms with Crippen molar-refractivity contribution in [2.24, 2.45) is 0 Å². The summed E-state index contributed by atoms with van der Waals surface area (Å²) in [5.41, 5.74) is 0. The fourth-order valence-corrected chi connectivity index (χ4v) is 1.13. The van der Waals surface area contributed by atoms with E-state index in [9.17, 15) is 4.79 Å². The molecule has 0 rings (SSSR count). The number of likely N-dealkylation sites (N-methyl/N-ethyl adjacent to an activating group) is 1. The van der Waals surface area contributed by atoms with Crippen molar-refractivity contribution < 1.29 is 31.0 Å². The lowest BCUT2D eigenvalue weighted by atomic mass is 10.3. The number of halogens is 1. The molecule has 0 unspecified atom stereocenters. The summed E-state index contributed by atoms with van der Waals surface area (Å²) < 4.78 is 5.65. The van der Waals surface area contributed by atoms with Gasteiger partial charge in [-0.15, -0.1) is 0 Å². The van der Waals surface area contributed by atoms with Crippen molar-refractivity contribution in [1.29, 1.82) is 5.26 Å². The molecule has 0 aromatic carbocycles. The lowest BCUT2D eigenvalue weighted by Gasteiger charge is -2.29.